The third-order valence-corrected chi connectivity index (χ3v) is 3.29. The summed E-state index contributed by atoms with van der Waals surface area (Å²) in [7, 11) is 1.97. The Labute approximate surface area is 127 Å². The average Bonchev–Trinajstić information content (AvgIpc) is 2.44. The molecule has 0 spiro atoms. The second kappa shape index (κ2) is 6.67. The molecule has 2 aromatic rings. The van der Waals surface area contributed by atoms with Crippen molar-refractivity contribution in [1.29, 1.82) is 0 Å². The van der Waals surface area contributed by atoms with Crippen molar-refractivity contribution < 1.29 is 0 Å². The fourth-order valence-electron chi connectivity index (χ4n) is 1.71. The van der Waals surface area contributed by atoms with Crippen LogP contribution in [0.15, 0.2) is 41.1 Å². The molecule has 1 aromatic heterocycles. The van der Waals surface area contributed by atoms with Crippen LogP contribution in [-0.2, 0) is 0 Å². The van der Waals surface area contributed by atoms with E-state index < -0.39 is 0 Å². The average molecular weight is 336 g/mol. The maximum Gasteiger partial charge on any atom is 0.138 e. The van der Waals surface area contributed by atoms with E-state index in [1.165, 1.54) is 0 Å². The Morgan fingerprint density at radius 2 is 2.15 bits per heavy atom. The molecule has 0 fully saturated rings. The Balaban J connectivity index is 2.17. The monoisotopic (exact) mass is 335 g/mol. The number of nitrogens with zero attached hydrogens (tertiary/aromatic N) is 3. The van der Waals surface area contributed by atoms with Crippen molar-refractivity contribution in [2.75, 3.05) is 23.8 Å². The summed E-state index contributed by atoms with van der Waals surface area (Å²) in [5, 5.41) is 3.19. The normalized spacial score (nSPS) is 12.0. The molecule has 0 saturated carbocycles. The van der Waals surface area contributed by atoms with Gasteiger partial charge in [0, 0.05) is 35.9 Å². The number of halogens is 1. The first-order valence-electron chi connectivity index (χ1n) is 6.37. The van der Waals surface area contributed by atoms with E-state index in [1.807, 2.05) is 49.2 Å². The van der Waals surface area contributed by atoms with E-state index in [0.717, 1.165) is 21.8 Å². The van der Waals surface area contributed by atoms with Crippen LogP contribution in [0.1, 0.15) is 6.92 Å². The second-order valence-corrected chi connectivity index (χ2v) is 5.57. The molecular formula is C14H18BrN5. The van der Waals surface area contributed by atoms with Crippen molar-refractivity contribution in [2.45, 2.75) is 13.0 Å². The van der Waals surface area contributed by atoms with Crippen molar-refractivity contribution in [1.82, 2.24) is 9.97 Å². The van der Waals surface area contributed by atoms with Crippen molar-refractivity contribution in [3.05, 3.63) is 41.1 Å². The van der Waals surface area contributed by atoms with Crippen LogP contribution < -0.4 is 16.0 Å². The number of anilines is 3. The maximum atomic E-state index is 5.72. The molecule has 2 rings (SSSR count). The Hall–Kier alpha value is -1.66. The summed E-state index contributed by atoms with van der Waals surface area (Å²) in [5.74, 6) is 1.60. The van der Waals surface area contributed by atoms with E-state index in [2.05, 4.69) is 31.2 Å². The van der Waals surface area contributed by atoms with Crippen LogP contribution >= 0.6 is 15.9 Å². The summed E-state index contributed by atoms with van der Waals surface area (Å²) in [5.41, 5.74) is 6.78. The minimum Gasteiger partial charge on any atom is -0.368 e. The number of nitrogens with two attached hydrogens (primary N) is 1. The van der Waals surface area contributed by atoms with E-state index in [9.17, 15) is 0 Å². The summed E-state index contributed by atoms with van der Waals surface area (Å²) in [6.07, 6.45) is 1.55. The van der Waals surface area contributed by atoms with Crippen molar-refractivity contribution >= 4 is 33.3 Å². The van der Waals surface area contributed by atoms with E-state index in [4.69, 9.17) is 5.73 Å². The largest absolute Gasteiger partial charge is 0.368 e. The lowest BCUT2D eigenvalue weighted by Gasteiger charge is -2.19. The van der Waals surface area contributed by atoms with Gasteiger partial charge in [-0.05, 0) is 25.1 Å². The summed E-state index contributed by atoms with van der Waals surface area (Å²) in [6.45, 7) is 2.62. The Kier molecular flexibility index (Phi) is 4.92. The van der Waals surface area contributed by atoms with Crippen LogP contribution in [0.25, 0.3) is 0 Å². The Bertz CT molecular complexity index is 573. The first-order valence-corrected chi connectivity index (χ1v) is 7.16. The smallest absolute Gasteiger partial charge is 0.138 e. The van der Waals surface area contributed by atoms with Gasteiger partial charge < -0.3 is 16.0 Å². The van der Waals surface area contributed by atoms with Crippen LogP contribution in [0, 0.1) is 0 Å². The molecule has 1 atom stereocenters. The lowest BCUT2D eigenvalue weighted by atomic mass is 10.3. The molecule has 3 N–H and O–H groups in total. The van der Waals surface area contributed by atoms with E-state index in [1.54, 1.807) is 6.33 Å². The van der Waals surface area contributed by atoms with Gasteiger partial charge in [0.05, 0.1) is 0 Å². The van der Waals surface area contributed by atoms with Gasteiger partial charge in [0.2, 0.25) is 0 Å². The van der Waals surface area contributed by atoms with Crippen molar-refractivity contribution in [2.24, 2.45) is 5.73 Å². The fraction of sp³-hybridized carbons (Fsp3) is 0.286. The van der Waals surface area contributed by atoms with E-state index in [-0.39, 0.29) is 6.04 Å². The predicted octanol–water partition coefficient (Wildman–Crippen LogP) is 2.77. The molecule has 1 unspecified atom stereocenters. The molecule has 0 saturated heterocycles. The number of rotatable bonds is 5. The highest BCUT2D eigenvalue weighted by Gasteiger charge is 2.07. The van der Waals surface area contributed by atoms with Gasteiger partial charge in [-0.1, -0.05) is 22.0 Å². The van der Waals surface area contributed by atoms with Crippen LogP contribution in [-0.4, -0.2) is 29.6 Å². The second-order valence-electron chi connectivity index (χ2n) is 4.66. The van der Waals surface area contributed by atoms with E-state index >= 15 is 0 Å². The van der Waals surface area contributed by atoms with Crippen LogP contribution in [0.3, 0.4) is 0 Å². The molecule has 0 amide bonds. The van der Waals surface area contributed by atoms with Gasteiger partial charge in [-0.15, -0.1) is 0 Å². The Morgan fingerprint density at radius 3 is 2.85 bits per heavy atom. The van der Waals surface area contributed by atoms with Crippen LogP contribution in [0.4, 0.5) is 17.3 Å². The molecule has 1 heterocycles. The maximum absolute atomic E-state index is 5.72. The highest BCUT2D eigenvalue weighted by molar-refractivity contribution is 9.10. The standard InChI is InChI=1S/C14H18BrN5/c1-10(16)8-17-13-7-14(19-9-18-13)20(2)12-5-3-4-11(15)6-12/h3-7,9-10H,8,16H2,1-2H3,(H,17,18,19). The molecule has 0 radical (unpaired) electrons. The lowest BCUT2D eigenvalue weighted by Crippen LogP contribution is -2.25. The first kappa shape index (κ1) is 14.7. The third kappa shape index (κ3) is 3.91. The van der Waals surface area contributed by atoms with Crippen molar-refractivity contribution in [3.63, 3.8) is 0 Å². The number of aromatic nitrogens is 2. The van der Waals surface area contributed by atoms with Gasteiger partial charge >= 0.3 is 0 Å². The van der Waals surface area contributed by atoms with Crippen LogP contribution in [0.5, 0.6) is 0 Å². The number of hydrogen-bond donors (Lipinski definition) is 2. The summed E-state index contributed by atoms with van der Waals surface area (Å²) < 4.78 is 1.03. The molecule has 0 bridgehead atoms. The van der Waals surface area contributed by atoms with Gasteiger partial charge in [-0.3, -0.25) is 0 Å². The van der Waals surface area contributed by atoms with Gasteiger partial charge in [0.25, 0.3) is 0 Å². The quantitative estimate of drug-likeness (QED) is 0.879. The van der Waals surface area contributed by atoms with Gasteiger partial charge in [0.15, 0.2) is 0 Å². The summed E-state index contributed by atoms with van der Waals surface area (Å²) in [6, 6.07) is 10.0. The van der Waals surface area contributed by atoms with Crippen molar-refractivity contribution in [3.8, 4) is 0 Å². The molecule has 0 aliphatic rings. The molecule has 0 aliphatic heterocycles. The molecule has 20 heavy (non-hydrogen) atoms. The zero-order valence-electron chi connectivity index (χ0n) is 11.5. The van der Waals surface area contributed by atoms with Crippen LogP contribution in [0.2, 0.25) is 0 Å². The number of hydrogen-bond acceptors (Lipinski definition) is 5. The number of nitrogens with one attached hydrogen (secondary N) is 1. The zero-order chi connectivity index (χ0) is 14.5. The number of benzene rings is 1. The zero-order valence-corrected chi connectivity index (χ0v) is 13.1. The van der Waals surface area contributed by atoms with Gasteiger partial charge in [-0.25, -0.2) is 9.97 Å². The molecule has 5 nitrogen and oxygen atoms in total. The third-order valence-electron chi connectivity index (χ3n) is 2.80. The van der Waals surface area contributed by atoms with Gasteiger partial charge in [0.1, 0.15) is 18.0 Å². The summed E-state index contributed by atoms with van der Waals surface area (Å²) in [4.78, 5) is 10.5. The summed E-state index contributed by atoms with van der Waals surface area (Å²) >= 11 is 3.47. The molecular weight excluding hydrogens is 318 g/mol. The highest BCUT2D eigenvalue weighted by Crippen LogP contribution is 2.25. The highest BCUT2D eigenvalue weighted by atomic mass is 79.9. The molecule has 106 valence electrons. The minimum absolute atomic E-state index is 0.0798. The van der Waals surface area contributed by atoms with E-state index in [0.29, 0.717) is 6.54 Å². The lowest BCUT2D eigenvalue weighted by molar-refractivity contribution is 0.777. The topological polar surface area (TPSA) is 67.1 Å². The molecule has 1 aromatic carbocycles. The SMILES string of the molecule is CC(N)CNc1cc(N(C)c2cccc(Br)c2)ncn1. The first-order chi connectivity index (χ1) is 9.56. The Morgan fingerprint density at radius 1 is 1.35 bits per heavy atom. The fourth-order valence-corrected chi connectivity index (χ4v) is 2.10. The van der Waals surface area contributed by atoms with Gasteiger partial charge in [-0.2, -0.15) is 0 Å². The molecule has 6 heteroatoms. The molecule has 0 aliphatic carbocycles. The minimum atomic E-state index is 0.0798. The predicted molar refractivity (Wildman–Crippen MR) is 86.4 cm³/mol.